The molecule has 1 aliphatic heterocycles. The number of benzene rings is 1. The lowest BCUT2D eigenvalue weighted by molar-refractivity contribution is -0.115. The third-order valence-electron chi connectivity index (χ3n) is 2.64. The van der Waals surface area contributed by atoms with Crippen LogP contribution in [-0.2, 0) is 11.2 Å². The Hall–Kier alpha value is -2.02. The minimum Gasteiger partial charge on any atom is -0.398 e. The number of aromatic nitrogens is 3. The fourth-order valence-electron chi connectivity index (χ4n) is 1.83. The highest BCUT2D eigenvalue weighted by Gasteiger charge is 2.20. The van der Waals surface area contributed by atoms with Crippen molar-refractivity contribution in [1.29, 1.82) is 0 Å². The van der Waals surface area contributed by atoms with Crippen molar-refractivity contribution in [2.24, 2.45) is 0 Å². The zero-order valence-corrected chi connectivity index (χ0v) is 10.5. The van der Waals surface area contributed by atoms with E-state index in [0.717, 1.165) is 22.0 Å². The highest BCUT2D eigenvalue weighted by atomic mass is 32.2. The Kier molecular flexibility index (Phi) is 2.48. The molecule has 3 rings (SSSR count). The number of H-pyrrole nitrogens is 1. The molecule has 6 nitrogen and oxygen atoms in total. The number of nitrogens with one attached hydrogen (secondary N) is 2. The highest BCUT2D eigenvalue weighted by molar-refractivity contribution is 7.99. The molecular formula is C11H11N5OS. The van der Waals surface area contributed by atoms with Crippen molar-refractivity contribution in [2.45, 2.75) is 23.4 Å². The quantitative estimate of drug-likeness (QED) is 0.709. The molecule has 1 aromatic carbocycles. The van der Waals surface area contributed by atoms with Gasteiger partial charge in [0.05, 0.1) is 6.42 Å². The second-order valence-corrected chi connectivity index (χ2v) is 5.09. The summed E-state index contributed by atoms with van der Waals surface area (Å²) in [6, 6.07) is 3.70. The number of nitrogens with two attached hydrogens (primary N) is 1. The average molecular weight is 261 g/mol. The molecule has 7 heteroatoms. The van der Waals surface area contributed by atoms with Gasteiger partial charge in [-0.15, -0.1) is 5.10 Å². The van der Waals surface area contributed by atoms with E-state index < -0.39 is 0 Å². The number of rotatable bonds is 2. The number of carbonyl (C=O) groups excluding carboxylic acids is 1. The van der Waals surface area contributed by atoms with Gasteiger partial charge >= 0.3 is 0 Å². The Morgan fingerprint density at radius 1 is 1.44 bits per heavy atom. The van der Waals surface area contributed by atoms with Gasteiger partial charge < -0.3 is 11.1 Å². The van der Waals surface area contributed by atoms with Crippen molar-refractivity contribution in [3.05, 3.63) is 23.5 Å². The fourth-order valence-corrected chi connectivity index (χ4v) is 2.65. The monoisotopic (exact) mass is 261 g/mol. The first-order valence-electron chi connectivity index (χ1n) is 5.41. The zero-order chi connectivity index (χ0) is 12.7. The maximum atomic E-state index is 11.3. The summed E-state index contributed by atoms with van der Waals surface area (Å²) in [5.74, 6) is 0.755. The van der Waals surface area contributed by atoms with Gasteiger partial charge in [-0.3, -0.25) is 9.89 Å². The number of nitrogen functional groups attached to an aromatic ring is 1. The number of hydrogen-bond acceptors (Lipinski definition) is 5. The van der Waals surface area contributed by atoms with Crippen LogP contribution in [0, 0.1) is 6.92 Å². The van der Waals surface area contributed by atoms with E-state index in [4.69, 9.17) is 5.73 Å². The Morgan fingerprint density at radius 3 is 3.00 bits per heavy atom. The molecule has 0 bridgehead atoms. The van der Waals surface area contributed by atoms with Crippen molar-refractivity contribution in [2.75, 3.05) is 11.1 Å². The summed E-state index contributed by atoms with van der Waals surface area (Å²) in [5.41, 5.74) is 8.37. The van der Waals surface area contributed by atoms with Crippen LogP contribution in [0.1, 0.15) is 11.4 Å². The van der Waals surface area contributed by atoms with Gasteiger partial charge in [-0.1, -0.05) is 0 Å². The molecule has 18 heavy (non-hydrogen) atoms. The lowest BCUT2D eigenvalue weighted by Gasteiger charge is -2.06. The van der Waals surface area contributed by atoms with Crippen LogP contribution in [0.15, 0.2) is 22.2 Å². The first kappa shape index (κ1) is 11.1. The van der Waals surface area contributed by atoms with Crippen LogP contribution in [0.25, 0.3) is 0 Å². The van der Waals surface area contributed by atoms with Gasteiger partial charge in [-0.05, 0) is 36.4 Å². The fraction of sp³-hybridized carbons (Fsp3) is 0.182. The summed E-state index contributed by atoms with van der Waals surface area (Å²) in [4.78, 5) is 16.3. The van der Waals surface area contributed by atoms with Crippen LogP contribution in [0.5, 0.6) is 0 Å². The third kappa shape index (κ3) is 1.92. The lowest BCUT2D eigenvalue weighted by Crippen LogP contribution is -2.03. The molecular weight excluding hydrogens is 250 g/mol. The topological polar surface area (TPSA) is 96.7 Å². The van der Waals surface area contributed by atoms with Gasteiger partial charge in [0.15, 0.2) is 0 Å². The molecule has 0 unspecified atom stereocenters. The normalized spacial score (nSPS) is 13.5. The summed E-state index contributed by atoms with van der Waals surface area (Å²) >= 11 is 1.37. The smallest absolute Gasteiger partial charge is 0.228 e. The van der Waals surface area contributed by atoms with E-state index in [1.807, 2.05) is 19.1 Å². The maximum absolute atomic E-state index is 11.3. The summed E-state index contributed by atoms with van der Waals surface area (Å²) < 4.78 is 0. The number of carbonyl (C=O) groups is 1. The van der Waals surface area contributed by atoms with E-state index in [0.29, 0.717) is 17.3 Å². The molecule has 4 N–H and O–H groups in total. The predicted octanol–water partition coefficient (Wildman–Crippen LogP) is 1.34. The molecule has 92 valence electrons. The van der Waals surface area contributed by atoms with Crippen LogP contribution in [0.2, 0.25) is 0 Å². The number of hydrogen-bond donors (Lipinski definition) is 3. The van der Waals surface area contributed by atoms with Gasteiger partial charge in [0.2, 0.25) is 11.1 Å². The maximum Gasteiger partial charge on any atom is 0.228 e. The molecule has 0 fully saturated rings. The number of nitrogens with zero attached hydrogens (tertiary/aromatic N) is 2. The molecule has 1 aliphatic rings. The van der Waals surface area contributed by atoms with Crippen LogP contribution in [0.3, 0.4) is 0 Å². The molecule has 2 aromatic rings. The summed E-state index contributed by atoms with van der Waals surface area (Å²) in [6.07, 6.45) is 0.393. The second kappa shape index (κ2) is 4.02. The minimum atomic E-state index is 0.000267. The van der Waals surface area contributed by atoms with Gasteiger partial charge in [-0.25, -0.2) is 4.98 Å². The van der Waals surface area contributed by atoms with E-state index >= 15 is 0 Å². The van der Waals surface area contributed by atoms with Crippen molar-refractivity contribution >= 4 is 29.0 Å². The molecule has 0 atom stereocenters. The van der Waals surface area contributed by atoms with Crippen molar-refractivity contribution < 1.29 is 4.79 Å². The Balaban J connectivity index is 1.93. The molecule has 2 heterocycles. The molecule has 0 saturated heterocycles. The molecule has 1 amide bonds. The standard InChI is InChI=1S/C11H11N5OS/c1-5-13-11(16-15-5)18-9-4-8-6(2-7(9)12)3-10(17)14-8/h2,4H,3,12H2,1H3,(H,14,17)(H,13,15,16). The summed E-state index contributed by atoms with van der Waals surface area (Å²) in [6.45, 7) is 1.84. The van der Waals surface area contributed by atoms with Gasteiger partial charge in [-0.2, -0.15) is 0 Å². The molecule has 0 radical (unpaired) electrons. The number of fused-ring (bicyclic) bond motifs is 1. The van der Waals surface area contributed by atoms with Crippen LogP contribution in [0.4, 0.5) is 11.4 Å². The van der Waals surface area contributed by atoms with Crippen LogP contribution >= 0.6 is 11.8 Å². The first-order valence-corrected chi connectivity index (χ1v) is 6.22. The van der Waals surface area contributed by atoms with Crippen LogP contribution in [-0.4, -0.2) is 21.1 Å². The number of aromatic amines is 1. The van der Waals surface area contributed by atoms with Crippen molar-refractivity contribution in [3.8, 4) is 0 Å². The second-order valence-electron chi connectivity index (χ2n) is 4.08. The van der Waals surface area contributed by atoms with E-state index in [9.17, 15) is 4.79 Å². The average Bonchev–Trinajstić information content (AvgIpc) is 2.85. The predicted molar refractivity (Wildman–Crippen MR) is 68.4 cm³/mol. The zero-order valence-electron chi connectivity index (χ0n) is 9.65. The molecule has 1 aromatic heterocycles. The van der Waals surface area contributed by atoms with Crippen molar-refractivity contribution in [1.82, 2.24) is 15.2 Å². The van der Waals surface area contributed by atoms with Gasteiger partial charge in [0, 0.05) is 16.3 Å². The summed E-state index contributed by atoms with van der Waals surface area (Å²) in [5, 5.41) is 10.2. The largest absolute Gasteiger partial charge is 0.398 e. The Bertz CT molecular complexity index is 636. The van der Waals surface area contributed by atoms with Gasteiger partial charge in [0.1, 0.15) is 5.82 Å². The number of amides is 1. The Morgan fingerprint density at radius 2 is 2.28 bits per heavy atom. The van der Waals surface area contributed by atoms with Gasteiger partial charge in [0.25, 0.3) is 0 Å². The van der Waals surface area contributed by atoms with Crippen LogP contribution < -0.4 is 11.1 Å². The SMILES string of the molecule is Cc1nc(Sc2cc3c(cc2N)CC(=O)N3)n[nH]1. The number of aryl methyl sites for hydroxylation is 1. The lowest BCUT2D eigenvalue weighted by atomic mass is 10.1. The molecule has 0 aliphatic carbocycles. The van der Waals surface area contributed by atoms with E-state index in [1.54, 1.807) is 0 Å². The van der Waals surface area contributed by atoms with E-state index in [1.165, 1.54) is 11.8 Å². The Labute approximate surface area is 107 Å². The summed E-state index contributed by atoms with van der Waals surface area (Å²) in [7, 11) is 0. The number of anilines is 2. The third-order valence-corrected chi connectivity index (χ3v) is 3.58. The molecule has 0 spiro atoms. The van der Waals surface area contributed by atoms with E-state index in [-0.39, 0.29) is 5.91 Å². The van der Waals surface area contributed by atoms with Crippen molar-refractivity contribution in [3.63, 3.8) is 0 Å². The van der Waals surface area contributed by atoms with E-state index in [2.05, 4.69) is 20.5 Å². The highest BCUT2D eigenvalue weighted by Crippen LogP contribution is 2.36. The minimum absolute atomic E-state index is 0.000267. The first-order chi connectivity index (χ1) is 8.61. The molecule has 0 saturated carbocycles.